The van der Waals surface area contributed by atoms with Crippen molar-refractivity contribution in [1.29, 1.82) is 0 Å². The van der Waals surface area contributed by atoms with Gasteiger partial charge in [0.2, 0.25) is 0 Å². The quantitative estimate of drug-likeness (QED) is 0.717. The Kier molecular flexibility index (Phi) is 6.31. The molecule has 0 radical (unpaired) electrons. The maximum Gasteiger partial charge on any atom is 0.338 e. The molecule has 1 aromatic carbocycles. The highest BCUT2D eigenvalue weighted by Gasteiger charge is 2.27. The summed E-state index contributed by atoms with van der Waals surface area (Å²) in [4.78, 5) is 28.3. The summed E-state index contributed by atoms with van der Waals surface area (Å²) >= 11 is 0. The van der Waals surface area contributed by atoms with Gasteiger partial charge in [-0.25, -0.2) is 9.18 Å². The second kappa shape index (κ2) is 8.75. The number of aromatic nitrogens is 1. The van der Waals surface area contributed by atoms with E-state index in [4.69, 9.17) is 4.74 Å². The van der Waals surface area contributed by atoms with Gasteiger partial charge in [0.25, 0.3) is 0 Å². The van der Waals surface area contributed by atoms with Crippen molar-refractivity contribution in [2.24, 2.45) is 0 Å². The van der Waals surface area contributed by atoms with Crippen LogP contribution in [0.15, 0.2) is 30.3 Å². The Morgan fingerprint density at radius 2 is 1.97 bits per heavy atom. The molecule has 1 aliphatic rings. The zero-order valence-corrected chi connectivity index (χ0v) is 17.1. The Morgan fingerprint density at radius 1 is 1.30 bits per heavy atom. The third kappa shape index (κ3) is 4.57. The van der Waals surface area contributed by atoms with Gasteiger partial charge in [0.05, 0.1) is 23.8 Å². The van der Waals surface area contributed by atoms with Gasteiger partial charge < -0.3 is 14.9 Å². The molecule has 0 bridgehead atoms. The highest BCUT2D eigenvalue weighted by Crippen LogP contribution is 2.35. The third-order valence-electron chi connectivity index (χ3n) is 5.01. The number of esters is 1. The standard InChI is InChI=1S/C23H24FNO5/c1-12(2)22-21(23(28)29)20(14-4-6-15(24)7-5-14)18(13(3)25-22)9-8-17-10-16(26)11-19(27)30-17/h4-9,12,16-17,26H,10-11H2,1-3H3,(H,28,29)/b9-8+/t16-,17-/m0/s1. The van der Waals surface area contributed by atoms with E-state index in [-0.39, 0.29) is 24.3 Å². The van der Waals surface area contributed by atoms with E-state index < -0.39 is 30.0 Å². The first-order valence-corrected chi connectivity index (χ1v) is 9.76. The summed E-state index contributed by atoms with van der Waals surface area (Å²) in [6, 6.07) is 5.61. The molecule has 1 aromatic heterocycles. The van der Waals surface area contributed by atoms with Crippen LogP contribution in [0.3, 0.4) is 0 Å². The number of aliphatic hydroxyl groups is 1. The Balaban J connectivity index is 2.19. The van der Waals surface area contributed by atoms with Gasteiger partial charge in [0, 0.05) is 23.2 Å². The number of benzene rings is 1. The van der Waals surface area contributed by atoms with E-state index in [1.54, 1.807) is 19.1 Å². The lowest BCUT2D eigenvalue weighted by atomic mass is 9.89. The predicted molar refractivity (Wildman–Crippen MR) is 110 cm³/mol. The maximum atomic E-state index is 13.5. The second-order valence-electron chi connectivity index (χ2n) is 7.69. The van der Waals surface area contributed by atoms with E-state index in [2.05, 4.69) is 4.98 Å². The lowest BCUT2D eigenvalue weighted by Gasteiger charge is -2.24. The van der Waals surface area contributed by atoms with E-state index in [0.29, 0.717) is 28.1 Å². The normalized spacial score (nSPS) is 19.3. The Morgan fingerprint density at radius 3 is 2.53 bits per heavy atom. The first kappa shape index (κ1) is 21.6. The molecule has 30 heavy (non-hydrogen) atoms. The third-order valence-corrected chi connectivity index (χ3v) is 5.01. The number of ether oxygens (including phenoxy) is 1. The topological polar surface area (TPSA) is 96.7 Å². The second-order valence-corrected chi connectivity index (χ2v) is 7.69. The number of carbonyl (C=O) groups excluding carboxylic acids is 1. The lowest BCUT2D eigenvalue weighted by molar-refractivity contribution is -0.156. The molecule has 6 nitrogen and oxygen atoms in total. The van der Waals surface area contributed by atoms with Crippen LogP contribution >= 0.6 is 0 Å². The number of aryl methyl sites for hydroxylation is 1. The van der Waals surface area contributed by atoms with Crippen LogP contribution < -0.4 is 0 Å². The summed E-state index contributed by atoms with van der Waals surface area (Å²) in [6.07, 6.45) is 2.09. The van der Waals surface area contributed by atoms with Gasteiger partial charge >= 0.3 is 11.9 Å². The molecule has 1 saturated heterocycles. The van der Waals surface area contributed by atoms with Crippen LogP contribution in [0.25, 0.3) is 17.2 Å². The number of aliphatic hydroxyl groups excluding tert-OH is 1. The van der Waals surface area contributed by atoms with Crippen molar-refractivity contribution in [1.82, 2.24) is 4.98 Å². The molecule has 0 unspecified atom stereocenters. The lowest BCUT2D eigenvalue weighted by Crippen LogP contribution is -2.31. The molecule has 2 heterocycles. The molecule has 3 rings (SSSR count). The number of nitrogens with zero attached hydrogens (tertiary/aromatic N) is 1. The minimum absolute atomic E-state index is 0.0437. The van der Waals surface area contributed by atoms with E-state index in [9.17, 15) is 24.2 Å². The van der Waals surface area contributed by atoms with Gasteiger partial charge in [0.15, 0.2) is 0 Å². The summed E-state index contributed by atoms with van der Waals surface area (Å²) in [5.41, 5.74) is 2.61. The molecule has 2 N–H and O–H groups in total. The first-order chi connectivity index (χ1) is 14.2. The molecular formula is C23H24FNO5. The van der Waals surface area contributed by atoms with Gasteiger partial charge in [-0.1, -0.05) is 32.1 Å². The van der Waals surface area contributed by atoms with Crippen LogP contribution in [0.4, 0.5) is 4.39 Å². The number of rotatable bonds is 5. The van der Waals surface area contributed by atoms with Crippen LogP contribution in [-0.4, -0.2) is 39.3 Å². The highest BCUT2D eigenvalue weighted by molar-refractivity contribution is 6.00. The molecule has 1 fully saturated rings. The number of aromatic carboxylic acids is 1. The van der Waals surface area contributed by atoms with Crippen molar-refractivity contribution in [3.05, 3.63) is 58.7 Å². The zero-order valence-electron chi connectivity index (χ0n) is 17.1. The molecule has 0 amide bonds. The van der Waals surface area contributed by atoms with Crippen molar-refractivity contribution in [3.63, 3.8) is 0 Å². The number of carboxylic acid groups (broad SMARTS) is 1. The van der Waals surface area contributed by atoms with Gasteiger partial charge in [-0.2, -0.15) is 0 Å². The molecule has 0 aliphatic carbocycles. The van der Waals surface area contributed by atoms with Crippen molar-refractivity contribution < 1.29 is 28.9 Å². The number of halogens is 1. The molecule has 158 valence electrons. The molecule has 2 atom stereocenters. The molecule has 2 aromatic rings. The van der Waals surface area contributed by atoms with E-state index in [0.717, 1.165) is 0 Å². The minimum Gasteiger partial charge on any atom is -0.478 e. The van der Waals surface area contributed by atoms with Crippen LogP contribution in [0.5, 0.6) is 0 Å². The van der Waals surface area contributed by atoms with Crippen molar-refractivity contribution in [2.45, 2.75) is 51.7 Å². The molecular weight excluding hydrogens is 389 g/mol. The monoisotopic (exact) mass is 413 g/mol. The molecule has 0 spiro atoms. The van der Waals surface area contributed by atoms with Crippen molar-refractivity contribution in [3.8, 4) is 11.1 Å². The maximum absolute atomic E-state index is 13.5. The fraction of sp³-hybridized carbons (Fsp3) is 0.348. The fourth-order valence-electron chi connectivity index (χ4n) is 3.63. The number of pyridine rings is 1. The average molecular weight is 413 g/mol. The van der Waals surface area contributed by atoms with E-state index >= 15 is 0 Å². The minimum atomic E-state index is -1.13. The Hall–Kier alpha value is -3.06. The molecule has 7 heteroatoms. The summed E-state index contributed by atoms with van der Waals surface area (Å²) in [6.45, 7) is 5.49. The largest absolute Gasteiger partial charge is 0.478 e. The number of hydrogen-bond donors (Lipinski definition) is 2. The summed E-state index contributed by atoms with van der Waals surface area (Å²) < 4.78 is 18.7. The van der Waals surface area contributed by atoms with Crippen LogP contribution in [0, 0.1) is 12.7 Å². The Bertz CT molecular complexity index is 998. The average Bonchev–Trinajstić information content (AvgIpc) is 2.65. The summed E-state index contributed by atoms with van der Waals surface area (Å²) in [5, 5.41) is 19.8. The summed E-state index contributed by atoms with van der Waals surface area (Å²) in [5.74, 6) is -2.18. The predicted octanol–water partition coefficient (Wildman–Crippen LogP) is 4.10. The molecule has 0 saturated carbocycles. The zero-order chi connectivity index (χ0) is 22.0. The first-order valence-electron chi connectivity index (χ1n) is 9.76. The van der Waals surface area contributed by atoms with Gasteiger partial charge in [0.1, 0.15) is 11.9 Å². The number of carbonyl (C=O) groups is 2. The van der Waals surface area contributed by atoms with Crippen LogP contribution in [0.2, 0.25) is 0 Å². The van der Waals surface area contributed by atoms with Gasteiger partial charge in [-0.05, 0) is 36.6 Å². The van der Waals surface area contributed by atoms with Gasteiger partial charge in [-0.15, -0.1) is 0 Å². The smallest absolute Gasteiger partial charge is 0.338 e. The van der Waals surface area contributed by atoms with Crippen molar-refractivity contribution in [2.75, 3.05) is 0 Å². The van der Waals surface area contributed by atoms with E-state index in [1.165, 1.54) is 24.3 Å². The number of cyclic esters (lactones) is 1. The van der Waals surface area contributed by atoms with E-state index in [1.807, 2.05) is 13.8 Å². The highest BCUT2D eigenvalue weighted by atomic mass is 19.1. The fourth-order valence-corrected chi connectivity index (χ4v) is 3.63. The molecule has 1 aliphatic heterocycles. The SMILES string of the molecule is Cc1nc(C(C)C)c(C(=O)O)c(-c2ccc(F)cc2)c1/C=C/[C@H]1C[C@H](O)CC(=O)O1. The number of hydrogen-bond acceptors (Lipinski definition) is 5. The van der Waals surface area contributed by atoms with Gasteiger partial charge in [-0.3, -0.25) is 9.78 Å². The van der Waals surface area contributed by atoms with Crippen LogP contribution in [0.1, 0.15) is 59.9 Å². The van der Waals surface area contributed by atoms with Crippen LogP contribution in [-0.2, 0) is 9.53 Å². The Labute approximate surface area is 174 Å². The summed E-state index contributed by atoms with van der Waals surface area (Å²) in [7, 11) is 0. The van der Waals surface area contributed by atoms with Crippen molar-refractivity contribution >= 4 is 18.0 Å². The number of carboxylic acids is 1.